The van der Waals surface area contributed by atoms with Crippen molar-refractivity contribution in [1.29, 1.82) is 0 Å². The van der Waals surface area contributed by atoms with Crippen molar-refractivity contribution in [2.45, 2.75) is 33.6 Å². The van der Waals surface area contributed by atoms with Gasteiger partial charge in [0.05, 0.1) is 5.69 Å². The van der Waals surface area contributed by atoms with E-state index in [1.54, 1.807) is 0 Å². The predicted molar refractivity (Wildman–Crippen MR) is 88.5 cm³/mol. The Morgan fingerprint density at radius 1 is 1.00 bits per heavy atom. The molecule has 0 aliphatic carbocycles. The number of fused-ring (bicyclic) bond motifs is 1. The molecule has 0 saturated carbocycles. The van der Waals surface area contributed by atoms with Gasteiger partial charge in [0.2, 0.25) is 0 Å². The van der Waals surface area contributed by atoms with Crippen molar-refractivity contribution in [3.8, 4) is 0 Å². The minimum Gasteiger partial charge on any atom is -0.339 e. The maximum Gasteiger partial charge on any atom is 0.138 e. The van der Waals surface area contributed by atoms with Crippen molar-refractivity contribution < 1.29 is 0 Å². The van der Waals surface area contributed by atoms with E-state index < -0.39 is 0 Å². The van der Waals surface area contributed by atoms with Gasteiger partial charge in [0.15, 0.2) is 0 Å². The topological polar surface area (TPSA) is 29.3 Å². The number of nitrogens with zero attached hydrogens (tertiary/aromatic N) is 2. The first kappa shape index (κ1) is 13.7. The van der Waals surface area contributed by atoms with Gasteiger partial charge >= 0.3 is 0 Å². The summed E-state index contributed by atoms with van der Waals surface area (Å²) in [5, 5.41) is 3.61. The summed E-state index contributed by atoms with van der Waals surface area (Å²) in [4.78, 5) is 4.77. The van der Waals surface area contributed by atoms with Crippen LogP contribution in [-0.4, -0.2) is 9.38 Å². The average Bonchev–Trinajstić information content (AvgIpc) is 2.82. The van der Waals surface area contributed by atoms with Crippen LogP contribution in [0.1, 0.15) is 36.6 Å². The quantitative estimate of drug-likeness (QED) is 0.745. The molecule has 1 aromatic carbocycles. The molecule has 0 saturated heterocycles. The molecule has 2 heterocycles. The highest BCUT2D eigenvalue weighted by Crippen LogP contribution is 2.30. The number of benzene rings is 1. The molecule has 0 unspecified atom stereocenters. The first-order chi connectivity index (χ1) is 10.1. The number of para-hydroxylation sites is 1. The monoisotopic (exact) mass is 279 g/mol. The highest BCUT2D eigenvalue weighted by atomic mass is 15.1. The van der Waals surface area contributed by atoms with Crippen LogP contribution >= 0.6 is 0 Å². The van der Waals surface area contributed by atoms with Crippen LogP contribution in [0.3, 0.4) is 0 Å². The normalized spacial score (nSPS) is 11.3. The van der Waals surface area contributed by atoms with Crippen LogP contribution in [0.15, 0.2) is 42.6 Å². The summed E-state index contributed by atoms with van der Waals surface area (Å²) in [6.07, 6.45) is 2.06. The zero-order valence-corrected chi connectivity index (χ0v) is 13.0. The lowest BCUT2D eigenvalue weighted by Crippen LogP contribution is -2.02. The molecule has 0 radical (unpaired) electrons. The number of anilines is 2. The minimum atomic E-state index is 0.372. The van der Waals surface area contributed by atoms with E-state index in [1.807, 2.05) is 18.2 Å². The lowest BCUT2D eigenvalue weighted by atomic mass is 10.1. The molecule has 0 aliphatic rings. The second kappa shape index (κ2) is 5.24. The first-order valence-electron chi connectivity index (χ1n) is 7.38. The smallest absolute Gasteiger partial charge is 0.138 e. The van der Waals surface area contributed by atoms with Crippen molar-refractivity contribution in [3.63, 3.8) is 0 Å². The molecule has 3 rings (SSSR count). The zero-order chi connectivity index (χ0) is 15.0. The van der Waals surface area contributed by atoms with Gasteiger partial charge in [-0.2, -0.15) is 0 Å². The Morgan fingerprint density at radius 3 is 2.38 bits per heavy atom. The molecule has 0 atom stereocenters. The molecule has 3 nitrogen and oxygen atoms in total. The van der Waals surface area contributed by atoms with Crippen molar-refractivity contribution >= 4 is 17.2 Å². The van der Waals surface area contributed by atoms with Crippen LogP contribution in [0.2, 0.25) is 0 Å². The van der Waals surface area contributed by atoms with Gasteiger partial charge in [0, 0.05) is 11.9 Å². The van der Waals surface area contributed by atoms with Crippen molar-refractivity contribution in [3.05, 3.63) is 59.4 Å². The molecular formula is C18H21N3. The summed E-state index contributed by atoms with van der Waals surface area (Å²) < 4.78 is 2.13. The lowest BCUT2D eigenvalue weighted by molar-refractivity contribution is 0.837. The first-order valence-corrected chi connectivity index (χ1v) is 7.38. The lowest BCUT2D eigenvalue weighted by Gasteiger charge is -2.14. The third-order valence-electron chi connectivity index (χ3n) is 3.83. The third-order valence-corrected chi connectivity index (χ3v) is 3.83. The maximum atomic E-state index is 4.77. The Balaban J connectivity index is 2.17. The average molecular weight is 279 g/mol. The molecule has 108 valence electrons. The molecule has 0 aliphatic heterocycles. The van der Waals surface area contributed by atoms with Crippen LogP contribution in [0.5, 0.6) is 0 Å². The Bertz CT molecular complexity index is 764. The van der Waals surface area contributed by atoms with E-state index in [1.165, 1.54) is 16.8 Å². The number of nitrogens with one attached hydrogen (secondary N) is 1. The second-order valence-corrected chi connectivity index (χ2v) is 5.82. The van der Waals surface area contributed by atoms with Crippen LogP contribution in [-0.2, 0) is 0 Å². The van der Waals surface area contributed by atoms with Gasteiger partial charge in [0.25, 0.3) is 0 Å². The number of imidazole rings is 1. The maximum absolute atomic E-state index is 4.77. The number of pyridine rings is 1. The molecule has 3 aromatic rings. The van der Waals surface area contributed by atoms with Gasteiger partial charge in [-0.25, -0.2) is 4.98 Å². The van der Waals surface area contributed by atoms with E-state index in [-0.39, 0.29) is 0 Å². The molecular weight excluding hydrogens is 258 g/mol. The van der Waals surface area contributed by atoms with Gasteiger partial charge in [-0.05, 0) is 43.0 Å². The van der Waals surface area contributed by atoms with Crippen molar-refractivity contribution in [2.24, 2.45) is 0 Å². The predicted octanol–water partition coefficient (Wildman–Crippen LogP) is 4.82. The molecule has 3 heteroatoms. The molecule has 0 fully saturated rings. The number of aromatic nitrogens is 2. The zero-order valence-electron chi connectivity index (χ0n) is 13.0. The fraction of sp³-hybridized carbons (Fsp3) is 0.278. The van der Waals surface area contributed by atoms with E-state index in [4.69, 9.17) is 4.98 Å². The highest BCUT2D eigenvalue weighted by molar-refractivity contribution is 5.69. The molecule has 1 N–H and O–H groups in total. The highest BCUT2D eigenvalue weighted by Gasteiger charge is 2.16. The Kier molecular flexibility index (Phi) is 3.42. The number of rotatable bonds is 3. The van der Waals surface area contributed by atoms with Crippen LogP contribution < -0.4 is 5.32 Å². The summed E-state index contributed by atoms with van der Waals surface area (Å²) in [5.41, 5.74) is 5.75. The molecule has 0 bridgehead atoms. The fourth-order valence-electron chi connectivity index (χ4n) is 2.67. The van der Waals surface area contributed by atoms with Gasteiger partial charge in [-0.1, -0.05) is 38.1 Å². The Morgan fingerprint density at radius 2 is 1.71 bits per heavy atom. The summed E-state index contributed by atoms with van der Waals surface area (Å²) in [6.45, 7) is 8.62. The standard InChI is InChI=1S/C18H21N3/c1-12(2)16-18(21-11-6-5-10-15(21)19-16)20-17-13(3)8-7-9-14(17)4/h5-12,20H,1-4H3. The van der Waals surface area contributed by atoms with Gasteiger partial charge in [-0.3, -0.25) is 4.40 Å². The van der Waals surface area contributed by atoms with Gasteiger partial charge in [-0.15, -0.1) is 0 Å². The summed E-state index contributed by atoms with van der Waals surface area (Å²) in [7, 11) is 0. The van der Waals surface area contributed by atoms with Crippen LogP contribution in [0, 0.1) is 13.8 Å². The Labute approximate surface area is 125 Å². The molecule has 2 aromatic heterocycles. The summed E-state index contributed by atoms with van der Waals surface area (Å²) >= 11 is 0. The Hall–Kier alpha value is -2.29. The molecule has 21 heavy (non-hydrogen) atoms. The van der Waals surface area contributed by atoms with Gasteiger partial charge < -0.3 is 5.32 Å². The van der Waals surface area contributed by atoms with E-state index >= 15 is 0 Å². The van der Waals surface area contributed by atoms with Gasteiger partial charge in [0.1, 0.15) is 11.5 Å². The molecule has 0 spiro atoms. The third kappa shape index (κ3) is 2.40. The van der Waals surface area contributed by atoms with Crippen LogP contribution in [0.25, 0.3) is 5.65 Å². The van der Waals surface area contributed by atoms with Crippen molar-refractivity contribution in [1.82, 2.24) is 9.38 Å². The molecule has 0 amide bonds. The largest absolute Gasteiger partial charge is 0.339 e. The van der Waals surface area contributed by atoms with Crippen molar-refractivity contribution in [2.75, 3.05) is 5.32 Å². The number of aryl methyl sites for hydroxylation is 2. The van der Waals surface area contributed by atoms with E-state index in [2.05, 4.69) is 61.8 Å². The fourth-order valence-corrected chi connectivity index (χ4v) is 2.67. The van der Waals surface area contributed by atoms with E-state index in [0.29, 0.717) is 5.92 Å². The summed E-state index contributed by atoms with van der Waals surface area (Å²) in [5.74, 6) is 1.44. The van der Waals surface area contributed by atoms with Crippen LogP contribution in [0.4, 0.5) is 11.5 Å². The number of hydrogen-bond acceptors (Lipinski definition) is 2. The number of hydrogen-bond donors (Lipinski definition) is 1. The SMILES string of the molecule is Cc1cccc(C)c1Nc1c(C(C)C)nc2ccccn12. The van der Waals surface area contributed by atoms with E-state index in [9.17, 15) is 0 Å². The second-order valence-electron chi connectivity index (χ2n) is 5.82. The summed E-state index contributed by atoms with van der Waals surface area (Å²) in [6, 6.07) is 12.5. The van der Waals surface area contributed by atoms with E-state index in [0.717, 1.165) is 17.2 Å². The minimum absolute atomic E-state index is 0.372.